The molecule has 1 atom stereocenters. The summed E-state index contributed by atoms with van der Waals surface area (Å²) in [4.78, 5) is 27.1. The molecule has 0 radical (unpaired) electrons. The Kier molecular flexibility index (Phi) is 7.97. The van der Waals surface area contributed by atoms with Crippen LogP contribution in [0.2, 0.25) is 5.02 Å². The Bertz CT molecular complexity index is 836. The maximum atomic E-state index is 12.3. The maximum Gasteiger partial charge on any atom is 0.286 e. The van der Waals surface area contributed by atoms with Crippen LogP contribution in [-0.4, -0.2) is 52.6 Å². The molecule has 0 aliphatic carbocycles. The van der Waals surface area contributed by atoms with Crippen LogP contribution in [0.15, 0.2) is 24.3 Å². The molecule has 2 heterocycles. The monoisotopic (exact) mass is 435 g/mol. The van der Waals surface area contributed by atoms with Crippen LogP contribution in [0.3, 0.4) is 0 Å². The van der Waals surface area contributed by atoms with Crippen molar-refractivity contribution in [1.29, 1.82) is 0 Å². The smallest absolute Gasteiger partial charge is 0.286 e. The molecule has 1 aromatic carbocycles. The van der Waals surface area contributed by atoms with E-state index in [2.05, 4.69) is 32.7 Å². The van der Waals surface area contributed by atoms with E-state index in [0.717, 1.165) is 30.8 Å². The Balaban J connectivity index is 1.46. The predicted octanol–water partition coefficient (Wildman–Crippen LogP) is 3.83. The summed E-state index contributed by atoms with van der Waals surface area (Å²) >= 11 is 6.89. The minimum absolute atomic E-state index is 0.132. The third-order valence-corrected chi connectivity index (χ3v) is 6.16. The zero-order valence-corrected chi connectivity index (χ0v) is 18.1. The molecule has 0 unspecified atom stereocenters. The molecular formula is C20H26ClN5O2S. The molecule has 1 aliphatic rings. The summed E-state index contributed by atoms with van der Waals surface area (Å²) in [6.07, 6.45) is 6.00. The van der Waals surface area contributed by atoms with Gasteiger partial charge in [-0.2, -0.15) is 0 Å². The first-order chi connectivity index (χ1) is 14.0. The quantitative estimate of drug-likeness (QED) is 0.690. The van der Waals surface area contributed by atoms with E-state index in [1.54, 1.807) is 24.3 Å². The van der Waals surface area contributed by atoms with Gasteiger partial charge in [0.1, 0.15) is 0 Å². The summed E-state index contributed by atoms with van der Waals surface area (Å²) in [6.45, 7) is 5.05. The summed E-state index contributed by atoms with van der Waals surface area (Å²) in [7, 11) is 0. The van der Waals surface area contributed by atoms with E-state index in [1.807, 2.05) is 0 Å². The van der Waals surface area contributed by atoms with Gasteiger partial charge in [0.15, 0.2) is 0 Å². The van der Waals surface area contributed by atoms with Crippen molar-refractivity contribution in [3.8, 4) is 0 Å². The van der Waals surface area contributed by atoms with Crippen LogP contribution in [0.5, 0.6) is 0 Å². The van der Waals surface area contributed by atoms with Crippen molar-refractivity contribution in [3.63, 3.8) is 0 Å². The lowest BCUT2D eigenvalue weighted by molar-refractivity contribution is 0.0946. The van der Waals surface area contributed by atoms with E-state index in [9.17, 15) is 9.59 Å². The zero-order chi connectivity index (χ0) is 20.6. The van der Waals surface area contributed by atoms with Gasteiger partial charge in [-0.15, -0.1) is 10.2 Å². The molecule has 0 saturated carbocycles. The summed E-state index contributed by atoms with van der Waals surface area (Å²) in [5.74, 6) is -0.717. The fourth-order valence-electron chi connectivity index (χ4n) is 3.35. The lowest BCUT2D eigenvalue weighted by Gasteiger charge is -2.27. The van der Waals surface area contributed by atoms with E-state index in [0.29, 0.717) is 23.3 Å². The first kappa shape index (κ1) is 21.7. The number of aromatic nitrogens is 2. The molecule has 1 aliphatic heterocycles. The van der Waals surface area contributed by atoms with Crippen molar-refractivity contribution in [2.45, 2.75) is 45.1 Å². The fraction of sp³-hybridized carbons (Fsp3) is 0.500. The Hall–Kier alpha value is -2.03. The first-order valence-corrected chi connectivity index (χ1v) is 11.1. The van der Waals surface area contributed by atoms with Crippen molar-refractivity contribution >= 4 is 40.4 Å². The lowest BCUT2D eigenvalue weighted by Crippen LogP contribution is -2.37. The number of amides is 2. The summed E-state index contributed by atoms with van der Waals surface area (Å²) in [6, 6.07) is 7.26. The highest BCUT2D eigenvalue weighted by atomic mass is 35.5. The van der Waals surface area contributed by atoms with Crippen molar-refractivity contribution in [2.75, 3.05) is 25.0 Å². The van der Waals surface area contributed by atoms with Crippen LogP contribution in [-0.2, 0) is 0 Å². The summed E-state index contributed by atoms with van der Waals surface area (Å²) in [5.41, 5.74) is 0.561. The normalized spacial score (nSPS) is 16.1. The summed E-state index contributed by atoms with van der Waals surface area (Å²) < 4.78 is 0. The van der Waals surface area contributed by atoms with Gasteiger partial charge in [-0.3, -0.25) is 9.59 Å². The van der Waals surface area contributed by atoms with Gasteiger partial charge < -0.3 is 15.5 Å². The highest BCUT2D eigenvalue weighted by Gasteiger charge is 2.19. The molecule has 0 bridgehead atoms. The Morgan fingerprint density at radius 1 is 1.14 bits per heavy atom. The Morgan fingerprint density at radius 3 is 2.52 bits per heavy atom. The average molecular weight is 436 g/mol. The third-order valence-electron chi connectivity index (χ3n) is 5.01. The van der Waals surface area contributed by atoms with Crippen LogP contribution in [0.25, 0.3) is 0 Å². The molecule has 0 spiro atoms. The van der Waals surface area contributed by atoms with E-state index in [-0.39, 0.29) is 15.9 Å². The van der Waals surface area contributed by atoms with Crippen molar-refractivity contribution in [1.82, 2.24) is 20.4 Å². The lowest BCUT2D eigenvalue weighted by atomic mass is 10.2. The van der Waals surface area contributed by atoms with Crippen LogP contribution >= 0.6 is 22.9 Å². The number of benzene rings is 1. The number of hydrogen-bond acceptors (Lipinski definition) is 6. The second-order valence-corrected chi connectivity index (χ2v) is 8.63. The molecular weight excluding hydrogens is 410 g/mol. The Morgan fingerprint density at radius 2 is 1.83 bits per heavy atom. The number of likely N-dealkylation sites (tertiary alicyclic amines) is 1. The number of nitrogens with zero attached hydrogens (tertiary/aromatic N) is 3. The van der Waals surface area contributed by atoms with Gasteiger partial charge >= 0.3 is 0 Å². The number of anilines is 1. The van der Waals surface area contributed by atoms with Gasteiger partial charge in [0.2, 0.25) is 10.0 Å². The molecule has 1 saturated heterocycles. The Labute approximate surface area is 179 Å². The number of carbonyl (C=O) groups excluding carboxylic acids is 2. The molecule has 2 aromatic rings. The summed E-state index contributed by atoms with van der Waals surface area (Å²) in [5, 5.41) is 14.1. The fourth-order valence-corrected chi connectivity index (χ4v) is 4.19. The van der Waals surface area contributed by atoms with Crippen LogP contribution in [0.4, 0.5) is 5.69 Å². The topological polar surface area (TPSA) is 87.2 Å². The molecule has 1 aromatic heterocycles. The second-order valence-electron chi connectivity index (χ2n) is 7.22. The number of halogens is 1. The minimum Gasteiger partial charge on any atom is -0.350 e. The van der Waals surface area contributed by atoms with E-state index < -0.39 is 5.91 Å². The van der Waals surface area contributed by atoms with E-state index in [1.165, 1.54) is 25.7 Å². The zero-order valence-electron chi connectivity index (χ0n) is 16.5. The van der Waals surface area contributed by atoms with Crippen LogP contribution < -0.4 is 10.6 Å². The SMILES string of the molecule is C[C@H](CCNC(=O)c1nnc(C(=O)Nc2cccc(Cl)c2)s1)N1CCCCCC1. The van der Waals surface area contributed by atoms with Gasteiger partial charge in [-0.1, -0.05) is 41.8 Å². The third kappa shape index (κ3) is 6.48. The standard InChI is InChI=1S/C20H26ClN5O2S/c1-14(26-11-4-2-3-5-12-26)9-10-22-17(27)19-24-25-20(29-19)18(28)23-16-8-6-7-15(21)13-16/h6-8,13-14H,2-5,9-12H2,1H3,(H,22,27)(H,23,28)/t14-/m1/s1. The average Bonchev–Trinajstić information content (AvgIpc) is 3.04. The molecule has 2 amide bonds. The molecule has 3 rings (SSSR count). The number of carbonyl (C=O) groups is 2. The molecule has 7 nitrogen and oxygen atoms in total. The number of rotatable bonds is 7. The highest BCUT2D eigenvalue weighted by molar-refractivity contribution is 7.15. The van der Waals surface area contributed by atoms with Gasteiger partial charge in [0, 0.05) is 23.3 Å². The minimum atomic E-state index is -0.418. The van der Waals surface area contributed by atoms with Crippen molar-refractivity contribution in [2.24, 2.45) is 0 Å². The number of nitrogens with one attached hydrogen (secondary N) is 2. The molecule has 2 N–H and O–H groups in total. The predicted molar refractivity (Wildman–Crippen MR) is 116 cm³/mol. The largest absolute Gasteiger partial charge is 0.350 e. The van der Waals surface area contributed by atoms with Gasteiger partial charge in [0.25, 0.3) is 11.8 Å². The van der Waals surface area contributed by atoms with Gasteiger partial charge in [-0.25, -0.2) is 0 Å². The molecule has 29 heavy (non-hydrogen) atoms. The van der Waals surface area contributed by atoms with Gasteiger partial charge in [0.05, 0.1) is 0 Å². The van der Waals surface area contributed by atoms with Crippen LogP contribution in [0, 0.1) is 0 Å². The highest BCUT2D eigenvalue weighted by Crippen LogP contribution is 2.17. The first-order valence-electron chi connectivity index (χ1n) is 9.95. The molecule has 9 heteroatoms. The van der Waals surface area contributed by atoms with E-state index >= 15 is 0 Å². The van der Waals surface area contributed by atoms with Gasteiger partial charge in [-0.05, 0) is 57.5 Å². The molecule has 156 valence electrons. The molecule has 1 fully saturated rings. The van der Waals surface area contributed by atoms with Crippen LogP contribution in [0.1, 0.15) is 58.6 Å². The second kappa shape index (κ2) is 10.7. The van der Waals surface area contributed by atoms with E-state index in [4.69, 9.17) is 11.6 Å². The van der Waals surface area contributed by atoms with Crippen molar-refractivity contribution in [3.05, 3.63) is 39.3 Å². The van der Waals surface area contributed by atoms with Crippen molar-refractivity contribution < 1.29 is 9.59 Å². The maximum absolute atomic E-state index is 12.3. The number of hydrogen-bond donors (Lipinski definition) is 2.